The molecule has 3 heterocycles. The van der Waals surface area contributed by atoms with Gasteiger partial charge in [0.2, 0.25) is 0 Å². The summed E-state index contributed by atoms with van der Waals surface area (Å²) in [7, 11) is 3.13. The van der Waals surface area contributed by atoms with Crippen LogP contribution in [0.3, 0.4) is 0 Å². The smallest absolute Gasteiger partial charge is 0.338 e. The molecule has 5 rings (SSSR count). The van der Waals surface area contributed by atoms with E-state index in [1.54, 1.807) is 44.8 Å². The summed E-state index contributed by atoms with van der Waals surface area (Å²) in [4.78, 5) is 34.7. The highest BCUT2D eigenvalue weighted by molar-refractivity contribution is 7.07. The van der Waals surface area contributed by atoms with Crippen molar-refractivity contribution in [3.8, 4) is 11.5 Å². The van der Waals surface area contributed by atoms with Crippen LogP contribution < -0.4 is 29.3 Å². The number of aryl methyl sites for hydroxylation is 1. The predicted octanol–water partition coefficient (Wildman–Crippen LogP) is 3.72. The van der Waals surface area contributed by atoms with E-state index >= 15 is 0 Å². The number of ether oxygens (including phenoxy) is 3. The predicted molar refractivity (Wildman–Crippen MR) is 153 cm³/mol. The van der Waals surface area contributed by atoms with Gasteiger partial charge in [-0.15, -0.1) is 0 Å². The number of carbonyl (C=O) groups excluding carboxylic acids is 1. The molecule has 2 aliphatic rings. The molecule has 0 saturated carbocycles. The molecule has 0 bridgehead atoms. The van der Waals surface area contributed by atoms with Crippen molar-refractivity contribution in [2.45, 2.75) is 39.7 Å². The van der Waals surface area contributed by atoms with Crippen molar-refractivity contribution in [3.63, 3.8) is 0 Å². The van der Waals surface area contributed by atoms with E-state index in [-0.39, 0.29) is 12.2 Å². The second-order valence-electron chi connectivity index (χ2n) is 9.65. The molecule has 1 saturated heterocycles. The molecule has 1 aromatic heterocycles. The fourth-order valence-corrected chi connectivity index (χ4v) is 6.41. The van der Waals surface area contributed by atoms with E-state index < -0.39 is 12.0 Å². The van der Waals surface area contributed by atoms with Crippen LogP contribution >= 0.6 is 11.3 Å². The number of rotatable bonds is 7. The third kappa shape index (κ3) is 4.98. The van der Waals surface area contributed by atoms with Gasteiger partial charge in [0.25, 0.3) is 5.56 Å². The maximum atomic E-state index is 14.0. The van der Waals surface area contributed by atoms with Gasteiger partial charge < -0.3 is 19.1 Å². The summed E-state index contributed by atoms with van der Waals surface area (Å²) in [6.07, 6.45) is 4.34. The normalized spacial score (nSPS) is 17.2. The van der Waals surface area contributed by atoms with Crippen molar-refractivity contribution < 1.29 is 19.0 Å². The Balaban J connectivity index is 1.66. The average Bonchev–Trinajstić information content (AvgIpc) is 3.56. The molecule has 2 aromatic carbocycles. The van der Waals surface area contributed by atoms with Crippen LogP contribution in [-0.2, 0) is 9.53 Å². The number of esters is 1. The zero-order valence-electron chi connectivity index (χ0n) is 22.9. The van der Waals surface area contributed by atoms with Gasteiger partial charge >= 0.3 is 5.97 Å². The Morgan fingerprint density at radius 3 is 2.54 bits per heavy atom. The van der Waals surface area contributed by atoms with E-state index in [2.05, 4.69) is 35.0 Å². The quantitative estimate of drug-likeness (QED) is 0.420. The van der Waals surface area contributed by atoms with Crippen molar-refractivity contribution in [1.29, 1.82) is 0 Å². The molecule has 0 radical (unpaired) electrons. The minimum Gasteiger partial charge on any atom is -0.497 e. The Morgan fingerprint density at radius 1 is 1.10 bits per heavy atom. The van der Waals surface area contributed by atoms with E-state index in [4.69, 9.17) is 14.2 Å². The van der Waals surface area contributed by atoms with E-state index in [0.717, 1.165) is 18.7 Å². The summed E-state index contributed by atoms with van der Waals surface area (Å²) in [5, 5.41) is 0. The highest BCUT2D eigenvalue weighted by Crippen LogP contribution is 2.37. The molecule has 0 aliphatic carbocycles. The molecule has 0 N–H and O–H groups in total. The van der Waals surface area contributed by atoms with E-state index in [9.17, 15) is 9.59 Å². The standard InChI is InChI=1S/C30H33N3O5S/c1-6-38-29(35)26-19(3)31-30-33(27(26)22-11-10-21(36-4)17-24(22)37-5)28(34)25(39-30)16-20-9-12-23(18(2)15-20)32-13-7-8-14-32/h9-12,15-17,27H,6-8,13-14H2,1-5H3/b25-16+/t27-/m1/s1. The first-order valence-electron chi connectivity index (χ1n) is 13.1. The minimum absolute atomic E-state index is 0.208. The van der Waals surface area contributed by atoms with Crippen molar-refractivity contribution in [2.75, 3.05) is 38.8 Å². The van der Waals surface area contributed by atoms with Crippen LogP contribution in [-0.4, -0.2) is 44.5 Å². The van der Waals surface area contributed by atoms with Gasteiger partial charge in [0, 0.05) is 30.4 Å². The number of methoxy groups -OCH3 is 2. The van der Waals surface area contributed by atoms with Crippen molar-refractivity contribution in [2.24, 2.45) is 4.99 Å². The zero-order chi connectivity index (χ0) is 27.7. The van der Waals surface area contributed by atoms with Crippen LogP contribution in [0.5, 0.6) is 11.5 Å². The Morgan fingerprint density at radius 2 is 1.87 bits per heavy atom. The van der Waals surface area contributed by atoms with Gasteiger partial charge in [-0.3, -0.25) is 9.36 Å². The van der Waals surface area contributed by atoms with Gasteiger partial charge in [0.1, 0.15) is 17.5 Å². The third-order valence-corrected chi connectivity index (χ3v) is 8.20. The molecule has 2 aliphatic heterocycles. The van der Waals surface area contributed by atoms with E-state index in [0.29, 0.717) is 37.7 Å². The monoisotopic (exact) mass is 547 g/mol. The van der Waals surface area contributed by atoms with Gasteiger partial charge in [0.15, 0.2) is 4.80 Å². The van der Waals surface area contributed by atoms with E-state index in [1.807, 2.05) is 12.1 Å². The van der Waals surface area contributed by atoms with Crippen LogP contribution in [0, 0.1) is 6.92 Å². The number of hydrogen-bond donors (Lipinski definition) is 0. The van der Waals surface area contributed by atoms with Crippen LogP contribution in [0.2, 0.25) is 0 Å². The first kappa shape index (κ1) is 26.7. The summed E-state index contributed by atoms with van der Waals surface area (Å²) in [6.45, 7) is 8.00. The van der Waals surface area contributed by atoms with Gasteiger partial charge in [-0.25, -0.2) is 9.79 Å². The maximum absolute atomic E-state index is 14.0. The molecule has 3 aromatic rings. The highest BCUT2D eigenvalue weighted by atomic mass is 32.1. The topological polar surface area (TPSA) is 82.4 Å². The van der Waals surface area contributed by atoms with Gasteiger partial charge in [-0.1, -0.05) is 17.4 Å². The Hall–Kier alpha value is -3.85. The second kappa shape index (κ2) is 11.1. The van der Waals surface area contributed by atoms with Crippen LogP contribution in [0.1, 0.15) is 49.4 Å². The average molecular weight is 548 g/mol. The SMILES string of the molecule is CCOC(=O)C1=C(C)N=c2s/c(=C/c3ccc(N4CCCC4)c(C)c3)c(=O)n2[C@@H]1c1ccc(OC)cc1OC. The lowest BCUT2D eigenvalue weighted by atomic mass is 9.95. The molecule has 9 heteroatoms. The number of thiazole rings is 1. The summed E-state index contributed by atoms with van der Waals surface area (Å²) in [5.74, 6) is 0.594. The van der Waals surface area contributed by atoms with Gasteiger partial charge in [-0.05, 0) is 75.1 Å². The molecule has 204 valence electrons. The Bertz CT molecular complexity index is 1630. The van der Waals surface area contributed by atoms with Crippen LogP contribution in [0.15, 0.2) is 57.5 Å². The lowest BCUT2D eigenvalue weighted by Gasteiger charge is -2.26. The van der Waals surface area contributed by atoms with Crippen LogP contribution in [0.25, 0.3) is 6.08 Å². The third-order valence-electron chi connectivity index (χ3n) is 7.22. The molecule has 1 fully saturated rings. The number of hydrogen-bond acceptors (Lipinski definition) is 8. The van der Waals surface area contributed by atoms with Crippen molar-refractivity contribution in [3.05, 3.63) is 84.0 Å². The first-order valence-corrected chi connectivity index (χ1v) is 13.9. The molecular weight excluding hydrogens is 514 g/mol. The Labute approximate surface area is 231 Å². The summed E-state index contributed by atoms with van der Waals surface area (Å²) >= 11 is 1.31. The molecule has 0 amide bonds. The number of carbonyl (C=O) groups is 1. The minimum atomic E-state index is -0.761. The summed E-state index contributed by atoms with van der Waals surface area (Å²) < 4.78 is 18.6. The molecule has 0 unspecified atom stereocenters. The summed E-state index contributed by atoms with van der Waals surface area (Å²) in [5.41, 5.74) is 4.61. The molecule has 1 atom stereocenters. The lowest BCUT2D eigenvalue weighted by Crippen LogP contribution is -2.40. The number of aromatic nitrogens is 1. The zero-order valence-corrected chi connectivity index (χ0v) is 23.8. The molecule has 39 heavy (non-hydrogen) atoms. The fraction of sp³-hybridized carbons (Fsp3) is 0.367. The summed E-state index contributed by atoms with van der Waals surface area (Å²) in [6, 6.07) is 10.9. The largest absolute Gasteiger partial charge is 0.497 e. The lowest BCUT2D eigenvalue weighted by molar-refractivity contribution is -0.139. The number of benzene rings is 2. The number of nitrogens with zero attached hydrogens (tertiary/aromatic N) is 3. The maximum Gasteiger partial charge on any atom is 0.338 e. The molecule has 8 nitrogen and oxygen atoms in total. The molecule has 0 spiro atoms. The second-order valence-corrected chi connectivity index (χ2v) is 10.7. The van der Waals surface area contributed by atoms with Gasteiger partial charge in [-0.2, -0.15) is 0 Å². The number of allylic oxidation sites excluding steroid dienone is 1. The first-order chi connectivity index (χ1) is 18.9. The highest BCUT2D eigenvalue weighted by Gasteiger charge is 2.35. The Kier molecular flexibility index (Phi) is 7.61. The van der Waals surface area contributed by atoms with Crippen molar-refractivity contribution in [1.82, 2.24) is 4.57 Å². The van der Waals surface area contributed by atoms with Crippen LogP contribution in [0.4, 0.5) is 5.69 Å². The number of anilines is 1. The molecular formula is C30H33N3O5S. The van der Waals surface area contributed by atoms with Gasteiger partial charge in [0.05, 0.1) is 36.6 Å². The van der Waals surface area contributed by atoms with Crippen molar-refractivity contribution >= 4 is 29.1 Å². The number of fused-ring (bicyclic) bond motifs is 1. The van der Waals surface area contributed by atoms with E-state index in [1.165, 1.54) is 35.4 Å². The fourth-order valence-electron chi connectivity index (χ4n) is 5.36.